The minimum Gasteiger partial charge on any atom is -0.316 e. The van der Waals surface area contributed by atoms with Gasteiger partial charge in [0.2, 0.25) is 5.91 Å². The van der Waals surface area contributed by atoms with Gasteiger partial charge < -0.3 is 10.2 Å². The molecule has 1 amide bonds. The smallest absolute Gasteiger partial charge is 0.241 e. The van der Waals surface area contributed by atoms with Crippen LogP contribution >= 0.6 is 23.7 Å². The van der Waals surface area contributed by atoms with Crippen LogP contribution in [0, 0.1) is 0 Å². The number of amides is 1. The second-order valence-electron chi connectivity index (χ2n) is 5.94. The predicted molar refractivity (Wildman–Crippen MR) is 108 cm³/mol. The van der Waals surface area contributed by atoms with Crippen LogP contribution in [-0.4, -0.2) is 57.4 Å². The zero-order valence-corrected chi connectivity index (χ0v) is 16.2. The van der Waals surface area contributed by atoms with Gasteiger partial charge in [-0.2, -0.15) is 0 Å². The molecule has 1 saturated heterocycles. The first-order chi connectivity index (χ1) is 12.7. The lowest BCUT2D eigenvalue weighted by Crippen LogP contribution is -2.48. The molecule has 0 bridgehead atoms. The maximum absolute atomic E-state index is 12.1. The Bertz CT molecular complexity index is 903. The van der Waals surface area contributed by atoms with Gasteiger partial charge in [0.25, 0.3) is 0 Å². The van der Waals surface area contributed by atoms with E-state index in [2.05, 4.69) is 25.3 Å². The molecule has 4 rings (SSSR count). The molecule has 4 heterocycles. The number of anilines is 3. The van der Waals surface area contributed by atoms with Gasteiger partial charge in [-0.1, -0.05) is 0 Å². The highest BCUT2D eigenvalue weighted by Gasteiger charge is 2.22. The molecular formula is C17H18ClN7OS. The summed E-state index contributed by atoms with van der Waals surface area (Å²) in [5.74, 6) is 0.769. The highest BCUT2D eigenvalue weighted by molar-refractivity contribution is 7.14. The first-order valence-corrected chi connectivity index (χ1v) is 9.01. The number of thiazole rings is 1. The summed E-state index contributed by atoms with van der Waals surface area (Å²) >= 11 is 1.47. The van der Waals surface area contributed by atoms with Gasteiger partial charge in [-0.15, -0.1) is 23.7 Å². The van der Waals surface area contributed by atoms with E-state index in [1.165, 1.54) is 11.3 Å². The molecule has 1 fully saturated rings. The van der Waals surface area contributed by atoms with Gasteiger partial charge in [0.05, 0.1) is 24.6 Å². The van der Waals surface area contributed by atoms with Gasteiger partial charge in [0, 0.05) is 30.9 Å². The first kappa shape index (κ1) is 19.2. The van der Waals surface area contributed by atoms with Crippen molar-refractivity contribution < 1.29 is 4.79 Å². The maximum Gasteiger partial charge on any atom is 0.241 e. The molecule has 1 N–H and O–H groups in total. The van der Waals surface area contributed by atoms with Crippen molar-refractivity contribution in [2.75, 3.05) is 36.9 Å². The Hall–Kier alpha value is -2.62. The third-order valence-corrected chi connectivity index (χ3v) is 4.79. The topological polar surface area (TPSA) is 87.1 Å². The standard InChI is InChI=1S/C17H17N7OS.ClH/c1-23-6-7-24(16(25)10-23)12-2-3-15(20-8-12)22-17-21-14(11-26-17)13-9-18-4-5-19-13;/h2-5,8-9,11H,6-7,10H2,1H3,(H,20,21,22);1H. The lowest BCUT2D eigenvalue weighted by Gasteiger charge is -2.31. The zero-order chi connectivity index (χ0) is 17.9. The van der Waals surface area contributed by atoms with Gasteiger partial charge in [-0.05, 0) is 19.2 Å². The largest absolute Gasteiger partial charge is 0.316 e. The molecule has 27 heavy (non-hydrogen) atoms. The summed E-state index contributed by atoms with van der Waals surface area (Å²) in [5, 5.41) is 5.82. The summed E-state index contributed by atoms with van der Waals surface area (Å²) in [6.07, 6.45) is 6.66. The van der Waals surface area contributed by atoms with E-state index in [1.807, 2.05) is 29.5 Å². The number of nitrogens with one attached hydrogen (secondary N) is 1. The summed E-state index contributed by atoms with van der Waals surface area (Å²) in [4.78, 5) is 33.1. The van der Waals surface area contributed by atoms with Crippen LogP contribution < -0.4 is 10.2 Å². The molecular weight excluding hydrogens is 386 g/mol. The number of hydrogen-bond donors (Lipinski definition) is 1. The van der Waals surface area contributed by atoms with E-state index in [-0.39, 0.29) is 18.3 Å². The van der Waals surface area contributed by atoms with Crippen molar-refractivity contribution in [3.05, 3.63) is 42.3 Å². The first-order valence-electron chi connectivity index (χ1n) is 8.13. The van der Waals surface area contributed by atoms with Crippen LogP contribution in [0.2, 0.25) is 0 Å². The van der Waals surface area contributed by atoms with Gasteiger partial charge in [0.1, 0.15) is 17.2 Å². The molecule has 1 aliphatic heterocycles. The molecule has 0 radical (unpaired) electrons. The van der Waals surface area contributed by atoms with Crippen molar-refractivity contribution in [1.82, 2.24) is 24.8 Å². The average molecular weight is 404 g/mol. The third kappa shape index (κ3) is 4.38. The fourth-order valence-corrected chi connectivity index (χ4v) is 3.38. The fraction of sp³-hybridized carbons (Fsp3) is 0.235. The molecule has 3 aromatic rings. The fourth-order valence-electron chi connectivity index (χ4n) is 2.67. The monoisotopic (exact) mass is 403 g/mol. The molecule has 3 aromatic heterocycles. The van der Waals surface area contributed by atoms with Gasteiger partial charge in [-0.3, -0.25) is 19.7 Å². The molecule has 0 spiro atoms. The normalized spacial score (nSPS) is 14.7. The quantitative estimate of drug-likeness (QED) is 0.715. The molecule has 0 saturated carbocycles. The Kier molecular flexibility index (Phi) is 5.94. The number of carbonyl (C=O) groups excluding carboxylic acids is 1. The van der Waals surface area contributed by atoms with Gasteiger partial charge in [0.15, 0.2) is 5.13 Å². The Labute approximate surface area is 166 Å². The van der Waals surface area contributed by atoms with Crippen LogP contribution in [0.4, 0.5) is 16.6 Å². The minimum atomic E-state index is 0. The number of pyridine rings is 1. The lowest BCUT2D eigenvalue weighted by molar-refractivity contribution is -0.120. The van der Waals surface area contributed by atoms with Crippen LogP contribution in [-0.2, 0) is 4.79 Å². The van der Waals surface area contributed by atoms with Crippen LogP contribution in [0.15, 0.2) is 42.3 Å². The number of carbonyl (C=O) groups is 1. The van der Waals surface area contributed by atoms with E-state index in [9.17, 15) is 4.79 Å². The third-order valence-electron chi connectivity index (χ3n) is 4.04. The van der Waals surface area contributed by atoms with Crippen molar-refractivity contribution in [3.63, 3.8) is 0 Å². The van der Waals surface area contributed by atoms with Crippen LogP contribution in [0.25, 0.3) is 11.4 Å². The summed E-state index contributed by atoms with van der Waals surface area (Å²) in [6.45, 7) is 1.97. The summed E-state index contributed by atoms with van der Waals surface area (Å²) < 4.78 is 0. The molecule has 8 nitrogen and oxygen atoms in total. The Morgan fingerprint density at radius 3 is 2.70 bits per heavy atom. The summed E-state index contributed by atoms with van der Waals surface area (Å²) in [6, 6.07) is 3.75. The summed E-state index contributed by atoms with van der Waals surface area (Å²) in [7, 11) is 1.95. The molecule has 0 unspecified atom stereocenters. The van der Waals surface area contributed by atoms with E-state index in [0.29, 0.717) is 18.9 Å². The summed E-state index contributed by atoms with van der Waals surface area (Å²) in [5.41, 5.74) is 2.31. The van der Waals surface area contributed by atoms with E-state index in [0.717, 1.165) is 28.8 Å². The molecule has 0 aromatic carbocycles. The van der Waals surface area contributed by atoms with Crippen molar-refractivity contribution in [2.24, 2.45) is 0 Å². The molecule has 140 valence electrons. The second-order valence-corrected chi connectivity index (χ2v) is 6.80. The minimum absolute atomic E-state index is 0. The van der Waals surface area contributed by atoms with Gasteiger partial charge >= 0.3 is 0 Å². The molecule has 10 heteroatoms. The van der Waals surface area contributed by atoms with Gasteiger partial charge in [-0.25, -0.2) is 9.97 Å². The number of piperazine rings is 1. The van der Waals surface area contributed by atoms with Crippen molar-refractivity contribution in [2.45, 2.75) is 0 Å². The SMILES string of the molecule is CN1CCN(c2ccc(Nc3nc(-c4cnccn4)cs3)nc2)C(=O)C1.Cl. The van der Waals surface area contributed by atoms with Crippen LogP contribution in [0.3, 0.4) is 0 Å². The second kappa shape index (κ2) is 8.38. The number of halogens is 1. The van der Waals surface area contributed by atoms with E-state index >= 15 is 0 Å². The highest BCUT2D eigenvalue weighted by Crippen LogP contribution is 2.26. The number of rotatable bonds is 4. The van der Waals surface area contributed by atoms with E-state index < -0.39 is 0 Å². The Morgan fingerprint density at radius 1 is 1.11 bits per heavy atom. The number of nitrogens with zero attached hydrogens (tertiary/aromatic N) is 6. The Balaban J connectivity index is 0.00000210. The van der Waals surface area contributed by atoms with Crippen LogP contribution in [0.1, 0.15) is 0 Å². The highest BCUT2D eigenvalue weighted by atomic mass is 35.5. The Morgan fingerprint density at radius 2 is 2.00 bits per heavy atom. The number of hydrogen-bond acceptors (Lipinski definition) is 8. The van der Waals surface area contributed by atoms with Crippen molar-refractivity contribution in [3.8, 4) is 11.4 Å². The van der Waals surface area contributed by atoms with Crippen LogP contribution in [0.5, 0.6) is 0 Å². The van der Waals surface area contributed by atoms with E-state index in [4.69, 9.17) is 0 Å². The van der Waals surface area contributed by atoms with Crippen molar-refractivity contribution in [1.29, 1.82) is 0 Å². The zero-order valence-electron chi connectivity index (χ0n) is 14.6. The number of aromatic nitrogens is 4. The molecule has 0 aliphatic carbocycles. The number of likely N-dealkylation sites (N-methyl/N-ethyl adjacent to an activating group) is 1. The van der Waals surface area contributed by atoms with Crippen molar-refractivity contribution >= 4 is 46.3 Å². The maximum atomic E-state index is 12.1. The molecule has 0 atom stereocenters. The molecule has 1 aliphatic rings. The average Bonchev–Trinajstić information content (AvgIpc) is 3.12. The lowest BCUT2D eigenvalue weighted by atomic mass is 10.2. The van der Waals surface area contributed by atoms with E-state index in [1.54, 1.807) is 29.7 Å². The predicted octanol–water partition coefficient (Wildman–Crippen LogP) is 2.44.